The number of ether oxygens (including phenoxy) is 2. The summed E-state index contributed by atoms with van der Waals surface area (Å²) in [6.07, 6.45) is 10.1. The Morgan fingerprint density at radius 3 is 2.24 bits per heavy atom. The van der Waals surface area contributed by atoms with E-state index in [4.69, 9.17) is 9.47 Å². The fourth-order valence-electron chi connectivity index (χ4n) is 3.64. The van der Waals surface area contributed by atoms with Gasteiger partial charge in [0.25, 0.3) is 0 Å². The molecular formula is C22H34O3. The van der Waals surface area contributed by atoms with Crippen molar-refractivity contribution in [3.05, 3.63) is 29.8 Å². The standard InChI is InChI=1S/C22H34O3/c1-5-6-7-8-17-9-11-18(12-10-17)19-13-15-20(16-14-19)24-21(23)25-22(2,3)4/h13-18H,5-12H2,1-4H3/t17-,18-. The average molecular weight is 347 g/mol. The smallest absolute Gasteiger partial charge is 0.428 e. The summed E-state index contributed by atoms with van der Waals surface area (Å²) in [4.78, 5) is 11.7. The van der Waals surface area contributed by atoms with Crippen LogP contribution < -0.4 is 4.74 Å². The van der Waals surface area contributed by atoms with Crippen LogP contribution in [0, 0.1) is 5.92 Å². The van der Waals surface area contributed by atoms with Gasteiger partial charge in [0.05, 0.1) is 0 Å². The molecule has 2 rings (SSSR count). The van der Waals surface area contributed by atoms with Crippen LogP contribution in [0.25, 0.3) is 0 Å². The highest BCUT2D eigenvalue weighted by molar-refractivity contribution is 5.64. The first-order valence-corrected chi connectivity index (χ1v) is 9.88. The van der Waals surface area contributed by atoms with Crippen molar-refractivity contribution in [2.45, 2.75) is 90.6 Å². The van der Waals surface area contributed by atoms with Gasteiger partial charge in [0.15, 0.2) is 0 Å². The van der Waals surface area contributed by atoms with Gasteiger partial charge in [0, 0.05) is 0 Å². The van der Waals surface area contributed by atoms with Crippen molar-refractivity contribution < 1.29 is 14.3 Å². The van der Waals surface area contributed by atoms with Crippen LogP contribution in [0.1, 0.15) is 90.5 Å². The quantitative estimate of drug-likeness (QED) is 0.321. The molecule has 0 spiro atoms. The fraction of sp³-hybridized carbons (Fsp3) is 0.682. The third-order valence-corrected chi connectivity index (χ3v) is 5.00. The Hall–Kier alpha value is -1.51. The van der Waals surface area contributed by atoms with Crippen molar-refractivity contribution in [1.82, 2.24) is 0 Å². The summed E-state index contributed by atoms with van der Waals surface area (Å²) in [6, 6.07) is 7.96. The molecular weight excluding hydrogens is 312 g/mol. The van der Waals surface area contributed by atoms with E-state index in [9.17, 15) is 4.79 Å². The van der Waals surface area contributed by atoms with Crippen LogP contribution >= 0.6 is 0 Å². The molecule has 3 heteroatoms. The number of carbonyl (C=O) groups is 1. The van der Waals surface area contributed by atoms with Crippen LogP contribution in [-0.4, -0.2) is 11.8 Å². The molecule has 25 heavy (non-hydrogen) atoms. The van der Waals surface area contributed by atoms with Crippen LogP contribution in [-0.2, 0) is 4.74 Å². The second kappa shape index (κ2) is 9.26. The number of hydrogen-bond donors (Lipinski definition) is 0. The van der Waals surface area contributed by atoms with E-state index < -0.39 is 11.8 Å². The zero-order valence-electron chi connectivity index (χ0n) is 16.3. The zero-order chi connectivity index (χ0) is 18.3. The lowest BCUT2D eigenvalue weighted by Crippen LogP contribution is -2.25. The van der Waals surface area contributed by atoms with Crippen LogP contribution in [0.3, 0.4) is 0 Å². The molecule has 0 heterocycles. The van der Waals surface area contributed by atoms with Crippen LogP contribution in [0.5, 0.6) is 5.75 Å². The second-order valence-corrected chi connectivity index (χ2v) is 8.35. The molecule has 0 aliphatic heterocycles. The molecule has 0 saturated heterocycles. The normalized spacial score (nSPS) is 21.0. The molecule has 0 amide bonds. The Labute approximate surface area is 153 Å². The van der Waals surface area contributed by atoms with E-state index in [1.165, 1.54) is 56.9 Å². The Kier molecular flexibility index (Phi) is 7.34. The molecule has 0 unspecified atom stereocenters. The van der Waals surface area contributed by atoms with Crippen molar-refractivity contribution in [3.63, 3.8) is 0 Å². The molecule has 0 N–H and O–H groups in total. The van der Waals surface area contributed by atoms with E-state index >= 15 is 0 Å². The van der Waals surface area contributed by atoms with Gasteiger partial charge in [-0.15, -0.1) is 0 Å². The van der Waals surface area contributed by atoms with Gasteiger partial charge in [-0.1, -0.05) is 44.7 Å². The summed E-state index contributed by atoms with van der Waals surface area (Å²) in [5.41, 5.74) is 0.829. The molecule has 140 valence electrons. The van der Waals surface area contributed by atoms with Crippen LogP contribution in [0.15, 0.2) is 24.3 Å². The van der Waals surface area contributed by atoms with Gasteiger partial charge in [-0.2, -0.15) is 0 Å². The molecule has 1 aliphatic carbocycles. The first-order valence-electron chi connectivity index (χ1n) is 9.88. The number of benzene rings is 1. The van der Waals surface area contributed by atoms with E-state index in [0.717, 1.165) is 5.92 Å². The summed E-state index contributed by atoms with van der Waals surface area (Å²) in [6.45, 7) is 7.76. The van der Waals surface area contributed by atoms with Gasteiger partial charge in [-0.05, 0) is 76.0 Å². The van der Waals surface area contributed by atoms with Gasteiger partial charge in [-0.25, -0.2) is 4.79 Å². The molecule has 1 aliphatic rings. The lowest BCUT2D eigenvalue weighted by molar-refractivity contribution is 0.0206. The van der Waals surface area contributed by atoms with Crippen molar-refractivity contribution in [3.8, 4) is 5.75 Å². The predicted octanol–water partition coefficient (Wildman–Crippen LogP) is 6.85. The molecule has 0 atom stereocenters. The fourth-order valence-corrected chi connectivity index (χ4v) is 3.64. The lowest BCUT2D eigenvalue weighted by atomic mass is 9.77. The Bertz CT molecular complexity index is 519. The third kappa shape index (κ3) is 7.09. The van der Waals surface area contributed by atoms with E-state index in [-0.39, 0.29) is 0 Å². The minimum atomic E-state index is -0.646. The highest BCUT2D eigenvalue weighted by Gasteiger charge is 2.22. The molecule has 1 aromatic rings. The largest absolute Gasteiger partial charge is 0.514 e. The predicted molar refractivity (Wildman–Crippen MR) is 102 cm³/mol. The van der Waals surface area contributed by atoms with Gasteiger partial charge in [0.1, 0.15) is 11.4 Å². The summed E-state index contributed by atoms with van der Waals surface area (Å²) < 4.78 is 10.4. The molecule has 1 fully saturated rings. The van der Waals surface area contributed by atoms with Gasteiger partial charge in [-0.3, -0.25) is 0 Å². The number of carbonyl (C=O) groups excluding carboxylic acids is 1. The Morgan fingerprint density at radius 1 is 1.04 bits per heavy atom. The van der Waals surface area contributed by atoms with Crippen molar-refractivity contribution in [1.29, 1.82) is 0 Å². The molecule has 0 radical (unpaired) electrons. The maximum atomic E-state index is 11.7. The SMILES string of the molecule is CCCCC[C@H]1CC[C@H](c2ccc(OC(=O)OC(C)(C)C)cc2)CC1. The molecule has 1 saturated carbocycles. The monoisotopic (exact) mass is 346 g/mol. The molecule has 0 aromatic heterocycles. The summed E-state index contributed by atoms with van der Waals surface area (Å²) >= 11 is 0. The third-order valence-electron chi connectivity index (χ3n) is 5.00. The number of hydrogen-bond acceptors (Lipinski definition) is 3. The maximum absolute atomic E-state index is 11.7. The lowest BCUT2D eigenvalue weighted by Gasteiger charge is -2.29. The topological polar surface area (TPSA) is 35.5 Å². The minimum Gasteiger partial charge on any atom is -0.428 e. The van der Waals surface area contributed by atoms with Crippen molar-refractivity contribution in [2.24, 2.45) is 5.92 Å². The van der Waals surface area contributed by atoms with E-state index in [1.54, 1.807) is 0 Å². The number of unbranched alkanes of at least 4 members (excludes halogenated alkanes) is 2. The average Bonchev–Trinajstić information content (AvgIpc) is 2.55. The highest BCUT2D eigenvalue weighted by atomic mass is 16.7. The summed E-state index contributed by atoms with van der Waals surface area (Å²) in [5, 5.41) is 0. The van der Waals surface area contributed by atoms with Crippen LogP contribution in [0.4, 0.5) is 4.79 Å². The minimum absolute atomic E-state index is 0.535. The first kappa shape index (κ1) is 19.8. The van der Waals surface area contributed by atoms with Gasteiger partial charge in [0.2, 0.25) is 0 Å². The van der Waals surface area contributed by atoms with Gasteiger partial charge >= 0.3 is 6.16 Å². The molecule has 3 nitrogen and oxygen atoms in total. The first-order chi connectivity index (χ1) is 11.9. The van der Waals surface area contributed by atoms with E-state index in [1.807, 2.05) is 32.9 Å². The van der Waals surface area contributed by atoms with Crippen molar-refractivity contribution >= 4 is 6.16 Å². The highest BCUT2D eigenvalue weighted by Crippen LogP contribution is 2.38. The zero-order valence-corrected chi connectivity index (χ0v) is 16.3. The van der Waals surface area contributed by atoms with E-state index in [0.29, 0.717) is 11.7 Å². The molecule has 0 bridgehead atoms. The Morgan fingerprint density at radius 2 is 1.68 bits per heavy atom. The Balaban J connectivity index is 1.80. The van der Waals surface area contributed by atoms with E-state index in [2.05, 4.69) is 19.1 Å². The molecule has 1 aromatic carbocycles. The second-order valence-electron chi connectivity index (χ2n) is 8.35. The maximum Gasteiger partial charge on any atom is 0.514 e. The summed E-state index contributed by atoms with van der Waals surface area (Å²) in [5.74, 6) is 2.13. The number of rotatable bonds is 6. The summed E-state index contributed by atoms with van der Waals surface area (Å²) in [7, 11) is 0. The van der Waals surface area contributed by atoms with Crippen molar-refractivity contribution in [2.75, 3.05) is 0 Å². The van der Waals surface area contributed by atoms with Crippen LogP contribution in [0.2, 0.25) is 0 Å². The van der Waals surface area contributed by atoms with Gasteiger partial charge < -0.3 is 9.47 Å².